The highest BCUT2D eigenvalue weighted by Gasteiger charge is 2.70. The topological polar surface area (TPSA) is 87.7 Å². The molecule has 2 fully saturated rings. The molecule has 8 heteroatoms. The van der Waals surface area contributed by atoms with Crippen LogP contribution in [0.4, 0.5) is 5.69 Å². The van der Waals surface area contributed by atoms with Gasteiger partial charge < -0.3 is 10.1 Å². The number of carbonyl (C=O) groups excluding carboxylic acids is 3. The quantitative estimate of drug-likeness (QED) is 0.700. The van der Waals surface area contributed by atoms with Gasteiger partial charge in [-0.15, -0.1) is 0 Å². The molecule has 27 heavy (non-hydrogen) atoms. The highest BCUT2D eigenvalue weighted by Crippen LogP contribution is 2.53. The number of hydrogen-bond acceptors (Lipinski definition) is 6. The first kappa shape index (κ1) is 18.5. The van der Waals surface area contributed by atoms with Gasteiger partial charge in [0.25, 0.3) is 0 Å². The van der Waals surface area contributed by atoms with Crippen molar-refractivity contribution in [2.75, 3.05) is 37.6 Å². The van der Waals surface area contributed by atoms with Gasteiger partial charge in [-0.05, 0) is 24.5 Å². The van der Waals surface area contributed by atoms with Gasteiger partial charge in [0.1, 0.15) is 5.54 Å². The number of fused-ring (bicyclic) bond motifs is 4. The van der Waals surface area contributed by atoms with Gasteiger partial charge in [-0.1, -0.05) is 18.2 Å². The highest BCUT2D eigenvalue weighted by atomic mass is 32.2. The summed E-state index contributed by atoms with van der Waals surface area (Å²) in [6, 6.07) is 7.18. The maximum atomic E-state index is 13.3. The summed E-state index contributed by atoms with van der Waals surface area (Å²) in [5.74, 6) is -1.14. The fourth-order valence-electron chi connectivity index (χ4n) is 4.71. The van der Waals surface area contributed by atoms with E-state index in [1.54, 1.807) is 11.8 Å². The molecule has 7 nitrogen and oxygen atoms in total. The molecule has 0 saturated carbocycles. The summed E-state index contributed by atoms with van der Waals surface area (Å²) in [6.45, 7) is 0.505. The molecular weight excluding hydrogens is 366 g/mol. The number of carbonyl (C=O) groups is 3. The Morgan fingerprint density at radius 2 is 2.00 bits per heavy atom. The zero-order valence-electron chi connectivity index (χ0n) is 15.4. The van der Waals surface area contributed by atoms with Crippen molar-refractivity contribution in [3.63, 3.8) is 0 Å². The molecule has 0 aromatic heterocycles. The fraction of sp³-hybridized carbons (Fsp3) is 0.526. The Balaban J connectivity index is 1.79. The van der Waals surface area contributed by atoms with E-state index in [1.807, 2.05) is 30.5 Å². The second kappa shape index (κ2) is 6.92. The van der Waals surface area contributed by atoms with Crippen molar-refractivity contribution in [2.24, 2.45) is 11.8 Å². The van der Waals surface area contributed by atoms with E-state index in [4.69, 9.17) is 4.74 Å². The van der Waals surface area contributed by atoms with Gasteiger partial charge in [-0.25, -0.2) is 0 Å². The molecule has 0 bridgehead atoms. The van der Waals surface area contributed by atoms with Crippen LogP contribution in [-0.2, 0) is 24.7 Å². The first-order valence-corrected chi connectivity index (χ1v) is 10.5. The smallest absolute Gasteiger partial charge is 0.250 e. The summed E-state index contributed by atoms with van der Waals surface area (Å²) in [6.07, 6.45) is 2.73. The monoisotopic (exact) mass is 389 g/mol. The van der Waals surface area contributed by atoms with Gasteiger partial charge in [0, 0.05) is 24.4 Å². The number of nitrogens with zero attached hydrogens (tertiary/aromatic N) is 1. The van der Waals surface area contributed by atoms with E-state index in [9.17, 15) is 14.4 Å². The Kier molecular flexibility index (Phi) is 4.73. The van der Waals surface area contributed by atoms with Crippen LogP contribution in [0, 0.1) is 11.8 Å². The van der Waals surface area contributed by atoms with Crippen LogP contribution in [0.3, 0.4) is 0 Å². The van der Waals surface area contributed by atoms with E-state index in [1.165, 1.54) is 12.0 Å². The Morgan fingerprint density at radius 1 is 1.22 bits per heavy atom. The van der Waals surface area contributed by atoms with Crippen molar-refractivity contribution in [1.29, 1.82) is 0 Å². The van der Waals surface area contributed by atoms with E-state index in [2.05, 4.69) is 10.6 Å². The van der Waals surface area contributed by atoms with Crippen molar-refractivity contribution in [1.82, 2.24) is 10.2 Å². The van der Waals surface area contributed by atoms with Crippen molar-refractivity contribution < 1.29 is 19.1 Å². The molecular formula is C19H23N3O4S. The number of methoxy groups -OCH3 is 1. The van der Waals surface area contributed by atoms with E-state index >= 15 is 0 Å². The molecule has 3 aliphatic heterocycles. The Labute approximate surface area is 162 Å². The number of imide groups is 1. The number of thioether (sulfide) groups is 1. The molecule has 1 spiro atoms. The Bertz CT molecular complexity index is 801. The van der Waals surface area contributed by atoms with Crippen LogP contribution >= 0.6 is 11.8 Å². The molecule has 4 atom stereocenters. The summed E-state index contributed by atoms with van der Waals surface area (Å²) in [5.41, 5.74) is 0.278. The lowest BCUT2D eigenvalue weighted by atomic mass is 9.76. The maximum Gasteiger partial charge on any atom is 0.250 e. The number of nitrogens with one attached hydrogen (secondary N) is 2. The predicted octanol–water partition coefficient (Wildman–Crippen LogP) is 0.806. The summed E-state index contributed by atoms with van der Waals surface area (Å²) in [5, 5.41) is 6.32. The minimum Gasteiger partial charge on any atom is -0.383 e. The molecule has 144 valence electrons. The van der Waals surface area contributed by atoms with Gasteiger partial charge in [-0.2, -0.15) is 11.8 Å². The number of anilines is 1. The number of para-hydroxylation sites is 1. The van der Waals surface area contributed by atoms with Crippen LogP contribution < -0.4 is 10.6 Å². The number of benzene rings is 1. The van der Waals surface area contributed by atoms with Crippen LogP contribution in [0.2, 0.25) is 0 Å². The summed E-state index contributed by atoms with van der Waals surface area (Å²) in [7, 11) is 1.54. The predicted molar refractivity (Wildman–Crippen MR) is 102 cm³/mol. The van der Waals surface area contributed by atoms with Crippen molar-refractivity contribution in [3.8, 4) is 0 Å². The van der Waals surface area contributed by atoms with Crippen LogP contribution in [0.5, 0.6) is 0 Å². The van der Waals surface area contributed by atoms with Crippen molar-refractivity contribution >= 4 is 35.2 Å². The van der Waals surface area contributed by atoms with Crippen molar-refractivity contribution in [3.05, 3.63) is 29.8 Å². The van der Waals surface area contributed by atoms with Crippen LogP contribution in [-0.4, -0.2) is 60.9 Å². The SMILES string of the molecule is COCCN1C(=O)C2C(CCSC)NC3(C(=O)Nc4ccccc43)C2C1=O. The van der Waals surface area contributed by atoms with Gasteiger partial charge >= 0.3 is 0 Å². The molecule has 0 radical (unpaired) electrons. The van der Waals surface area contributed by atoms with E-state index in [0.717, 1.165) is 17.7 Å². The Morgan fingerprint density at radius 3 is 2.74 bits per heavy atom. The molecule has 4 rings (SSSR count). The lowest BCUT2D eigenvalue weighted by molar-refractivity contribution is -0.143. The molecule has 1 aromatic carbocycles. The lowest BCUT2D eigenvalue weighted by Crippen LogP contribution is -2.53. The third kappa shape index (κ3) is 2.54. The maximum absolute atomic E-state index is 13.3. The van der Waals surface area contributed by atoms with Crippen LogP contribution in [0.1, 0.15) is 12.0 Å². The summed E-state index contributed by atoms with van der Waals surface area (Å²) in [4.78, 5) is 40.8. The summed E-state index contributed by atoms with van der Waals surface area (Å²) < 4.78 is 5.06. The number of amides is 3. The second-order valence-corrected chi connectivity index (χ2v) is 8.15. The number of hydrogen-bond donors (Lipinski definition) is 2. The molecule has 2 N–H and O–H groups in total. The van der Waals surface area contributed by atoms with Crippen LogP contribution in [0.25, 0.3) is 0 Å². The average Bonchev–Trinajstić information content (AvgIpc) is 3.24. The molecule has 4 unspecified atom stereocenters. The minimum absolute atomic E-state index is 0.199. The molecule has 1 aromatic rings. The number of rotatable bonds is 6. The zero-order chi connectivity index (χ0) is 19.2. The normalized spacial score (nSPS) is 31.6. The fourth-order valence-corrected chi connectivity index (χ4v) is 5.20. The van der Waals surface area contributed by atoms with Crippen molar-refractivity contribution in [2.45, 2.75) is 18.0 Å². The van der Waals surface area contributed by atoms with Crippen LogP contribution in [0.15, 0.2) is 24.3 Å². The third-order valence-electron chi connectivity index (χ3n) is 5.87. The molecule has 3 amide bonds. The molecule has 3 aliphatic rings. The standard InChI is InChI=1S/C19H23N3O4S/c1-26-9-8-22-16(23)14-13(7-10-27-2)21-19(15(14)17(22)24)11-5-3-4-6-12(11)20-18(19)25/h3-6,13-15,21H,7-10H2,1-2H3,(H,20,25). The minimum atomic E-state index is -1.18. The largest absolute Gasteiger partial charge is 0.383 e. The molecule has 3 heterocycles. The van der Waals surface area contributed by atoms with Gasteiger partial charge in [-0.3, -0.25) is 24.6 Å². The second-order valence-electron chi connectivity index (χ2n) is 7.16. The number of likely N-dealkylation sites (tertiary alicyclic amines) is 1. The lowest BCUT2D eigenvalue weighted by Gasteiger charge is -2.29. The third-order valence-corrected chi connectivity index (χ3v) is 6.51. The summed E-state index contributed by atoms with van der Waals surface area (Å²) >= 11 is 1.69. The highest BCUT2D eigenvalue weighted by molar-refractivity contribution is 7.98. The van der Waals surface area contributed by atoms with Gasteiger partial charge in [0.15, 0.2) is 0 Å². The molecule has 2 saturated heterocycles. The van der Waals surface area contributed by atoms with E-state index < -0.39 is 17.4 Å². The molecule has 0 aliphatic carbocycles. The Hall–Kier alpha value is -1.90. The van der Waals surface area contributed by atoms with Gasteiger partial charge in [0.2, 0.25) is 17.7 Å². The first-order chi connectivity index (χ1) is 13.1. The van der Waals surface area contributed by atoms with Gasteiger partial charge in [0.05, 0.1) is 25.0 Å². The van der Waals surface area contributed by atoms with E-state index in [0.29, 0.717) is 5.69 Å². The average molecular weight is 389 g/mol. The number of ether oxygens (including phenoxy) is 1. The zero-order valence-corrected chi connectivity index (χ0v) is 16.2. The van der Waals surface area contributed by atoms with E-state index in [-0.39, 0.29) is 36.9 Å². The first-order valence-electron chi connectivity index (χ1n) is 9.08.